The van der Waals surface area contributed by atoms with Crippen LogP contribution in [-0.4, -0.2) is 34.5 Å². The van der Waals surface area contributed by atoms with Gasteiger partial charge in [0.05, 0.1) is 10.8 Å². The zero-order valence-corrected chi connectivity index (χ0v) is 17.2. The molecule has 1 saturated carbocycles. The number of rotatable bonds is 5. The number of nitrogens with zero attached hydrogens (tertiary/aromatic N) is 3. The molecule has 1 aliphatic carbocycles. The Morgan fingerprint density at radius 2 is 2.07 bits per heavy atom. The smallest absolute Gasteiger partial charge is 0.268 e. The van der Waals surface area contributed by atoms with Crippen LogP contribution in [-0.2, 0) is 9.59 Å². The van der Waals surface area contributed by atoms with E-state index in [0.717, 1.165) is 41.8 Å². The molecule has 1 atom stereocenters. The SMILES string of the molecule is O=C(NC1CCCC1)C1CC(=O)N(c2cccc(-c3noc(-c4cccs4)n3)c2)C1. The van der Waals surface area contributed by atoms with Crippen molar-refractivity contribution >= 4 is 28.8 Å². The van der Waals surface area contributed by atoms with Crippen LogP contribution in [0.15, 0.2) is 46.3 Å². The predicted molar refractivity (Wildman–Crippen MR) is 114 cm³/mol. The second-order valence-corrected chi connectivity index (χ2v) is 8.79. The van der Waals surface area contributed by atoms with E-state index in [-0.39, 0.29) is 30.2 Å². The number of aromatic nitrogens is 2. The first-order valence-electron chi connectivity index (χ1n) is 10.3. The molecule has 0 radical (unpaired) electrons. The van der Waals surface area contributed by atoms with Gasteiger partial charge in [-0.05, 0) is 36.4 Å². The van der Waals surface area contributed by atoms with Gasteiger partial charge in [0.25, 0.3) is 5.89 Å². The van der Waals surface area contributed by atoms with E-state index >= 15 is 0 Å². The lowest BCUT2D eigenvalue weighted by atomic mass is 10.1. The lowest BCUT2D eigenvalue weighted by Gasteiger charge is -2.18. The normalized spacial score (nSPS) is 19.5. The summed E-state index contributed by atoms with van der Waals surface area (Å²) in [6.07, 6.45) is 4.65. The second kappa shape index (κ2) is 8.02. The fraction of sp³-hybridized carbons (Fsp3) is 0.364. The van der Waals surface area contributed by atoms with Crippen LogP contribution in [0.1, 0.15) is 32.1 Å². The maximum Gasteiger partial charge on any atom is 0.268 e. The van der Waals surface area contributed by atoms with Crippen LogP contribution in [0.2, 0.25) is 0 Å². The highest BCUT2D eigenvalue weighted by Crippen LogP contribution is 2.30. The van der Waals surface area contributed by atoms with Gasteiger partial charge >= 0.3 is 0 Å². The molecule has 1 aromatic carbocycles. The van der Waals surface area contributed by atoms with Crippen molar-refractivity contribution in [2.75, 3.05) is 11.4 Å². The summed E-state index contributed by atoms with van der Waals surface area (Å²) in [5, 5.41) is 9.16. The Morgan fingerprint density at radius 3 is 2.87 bits per heavy atom. The summed E-state index contributed by atoms with van der Waals surface area (Å²) in [6, 6.07) is 11.6. The van der Waals surface area contributed by atoms with Crippen LogP contribution in [0.4, 0.5) is 5.69 Å². The van der Waals surface area contributed by atoms with Gasteiger partial charge in [0.1, 0.15) is 0 Å². The molecule has 2 fully saturated rings. The van der Waals surface area contributed by atoms with Crippen LogP contribution in [0.5, 0.6) is 0 Å². The van der Waals surface area contributed by atoms with Crippen LogP contribution in [0.25, 0.3) is 22.2 Å². The van der Waals surface area contributed by atoms with Gasteiger partial charge < -0.3 is 14.7 Å². The number of benzene rings is 1. The molecule has 154 valence electrons. The highest BCUT2D eigenvalue weighted by atomic mass is 32.1. The lowest BCUT2D eigenvalue weighted by molar-refractivity contribution is -0.126. The number of carbonyl (C=O) groups excluding carboxylic acids is 2. The average Bonchev–Trinajstić information content (AvgIpc) is 3.54. The largest absolute Gasteiger partial charge is 0.353 e. The standard InChI is InChI=1S/C22H22N4O3S/c27-19-12-15(21(28)23-16-6-1-2-7-16)13-26(19)17-8-3-5-14(11-17)20-24-22(29-25-20)18-9-4-10-30-18/h3-5,8-11,15-16H,1-2,6-7,12-13H2,(H,23,28). The molecule has 1 N–H and O–H groups in total. The quantitative estimate of drug-likeness (QED) is 0.674. The summed E-state index contributed by atoms with van der Waals surface area (Å²) in [4.78, 5) is 32.3. The van der Waals surface area contributed by atoms with Crippen LogP contribution in [0.3, 0.4) is 0 Å². The third-order valence-electron chi connectivity index (χ3n) is 5.77. The van der Waals surface area contributed by atoms with Gasteiger partial charge in [-0.1, -0.05) is 36.2 Å². The number of nitrogens with one attached hydrogen (secondary N) is 1. The molecule has 30 heavy (non-hydrogen) atoms. The molecule has 3 aromatic rings. The Balaban J connectivity index is 1.31. The molecule has 7 nitrogen and oxygen atoms in total. The van der Waals surface area contributed by atoms with E-state index in [1.165, 1.54) is 11.3 Å². The van der Waals surface area contributed by atoms with Crippen molar-refractivity contribution in [2.24, 2.45) is 5.92 Å². The fourth-order valence-corrected chi connectivity index (χ4v) is 4.82. The summed E-state index contributed by atoms with van der Waals surface area (Å²) < 4.78 is 5.38. The minimum Gasteiger partial charge on any atom is -0.353 e. The first-order chi connectivity index (χ1) is 14.7. The van der Waals surface area contributed by atoms with E-state index in [2.05, 4.69) is 15.5 Å². The van der Waals surface area contributed by atoms with Crippen molar-refractivity contribution in [3.8, 4) is 22.2 Å². The molecule has 2 aliphatic rings. The molecule has 2 aromatic heterocycles. The molecule has 2 amide bonds. The van der Waals surface area contributed by atoms with E-state index in [4.69, 9.17) is 4.52 Å². The Labute approximate surface area is 178 Å². The second-order valence-electron chi connectivity index (χ2n) is 7.85. The van der Waals surface area contributed by atoms with Crippen LogP contribution in [0, 0.1) is 5.92 Å². The summed E-state index contributed by atoms with van der Waals surface area (Å²) >= 11 is 1.54. The number of anilines is 1. The van der Waals surface area contributed by atoms with Crippen LogP contribution < -0.4 is 10.2 Å². The molecule has 3 heterocycles. The maximum atomic E-state index is 12.6. The number of thiophene rings is 1. The van der Waals surface area contributed by atoms with Crippen molar-refractivity contribution in [3.63, 3.8) is 0 Å². The average molecular weight is 423 g/mol. The van der Waals surface area contributed by atoms with E-state index in [1.807, 2.05) is 41.8 Å². The van der Waals surface area contributed by atoms with Gasteiger partial charge in [0.15, 0.2) is 0 Å². The van der Waals surface area contributed by atoms with Crippen molar-refractivity contribution in [3.05, 3.63) is 41.8 Å². The zero-order valence-electron chi connectivity index (χ0n) is 16.4. The summed E-state index contributed by atoms with van der Waals surface area (Å²) in [6.45, 7) is 0.396. The Kier molecular flexibility index (Phi) is 5.08. The monoisotopic (exact) mass is 422 g/mol. The van der Waals surface area contributed by atoms with E-state index < -0.39 is 0 Å². The van der Waals surface area contributed by atoms with Gasteiger partial charge in [-0.25, -0.2) is 0 Å². The minimum atomic E-state index is -0.308. The van der Waals surface area contributed by atoms with Crippen molar-refractivity contribution < 1.29 is 14.1 Å². The zero-order chi connectivity index (χ0) is 20.5. The highest BCUT2D eigenvalue weighted by molar-refractivity contribution is 7.13. The maximum absolute atomic E-state index is 12.6. The highest BCUT2D eigenvalue weighted by Gasteiger charge is 2.36. The summed E-state index contributed by atoms with van der Waals surface area (Å²) in [5.41, 5.74) is 1.52. The molecule has 0 bridgehead atoms. The molecule has 1 unspecified atom stereocenters. The molecular weight excluding hydrogens is 400 g/mol. The Morgan fingerprint density at radius 1 is 1.20 bits per heavy atom. The van der Waals surface area contributed by atoms with Gasteiger partial charge in [-0.3, -0.25) is 9.59 Å². The molecule has 1 aliphatic heterocycles. The first kappa shape index (κ1) is 19.0. The lowest BCUT2D eigenvalue weighted by Crippen LogP contribution is -2.38. The third-order valence-corrected chi connectivity index (χ3v) is 6.63. The predicted octanol–water partition coefficient (Wildman–Crippen LogP) is 3.88. The van der Waals surface area contributed by atoms with Crippen molar-refractivity contribution in [2.45, 2.75) is 38.1 Å². The molecule has 8 heteroatoms. The van der Waals surface area contributed by atoms with Gasteiger partial charge in [-0.2, -0.15) is 4.98 Å². The Hall–Kier alpha value is -3.00. The van der Waals surface area contributed by atoms with E-state index in [1.54, 1.807) is 4.90 Å². The van der Waals surface area contributed by atoms with E-state index in [0.29, 0.717) is 18.3 Å². The fourth-order valence-electron chi connectivity index (χ4n) is 4.18. The number of amides is 2. The van der Waals surface area contributed by atoms with Gasteiger partial charge in [0.2, 0.25) is 17.6 Å². The van der Waals surface area contributed by atoms with Gasteiger partial charge in [-0.15, -0.1) is 11.3 Å². The molecular formula is C22H22N4O3S. The summed E-state index contributed by atoms with van der Waals surface area (Å²) in [7, 11) is 0. The van der Waals surface area contributed by atoms with Crippen LogP contribution >= 0.6 is 11.3 Å². The third kappa shape index (κ3) is 3.75. The molecule has 1 saturated heterocycles. The first-order valence-corrected chi connectivity index (χ1v) is 11.1. The number of hydrogen-bond acceptors (Lipinski definition) is 6. The number of carbonyl (C=O) groups is 2. The topological polar surface area (TPSA) is 88.3 Å². The number of hydrogen-bond donors (Lipinski definition) is 1. The molecule has 5 rings (SSSR count). The van der Waals surface area contributed by atoms with E-state index in [9.17, 15) is 9.59 Å². The molecule has 0 spiro atoms. The van der Waals surface area contributed by atoms with Gasteiger partial charge in [0, 0.05) is 30.3 Å². The van der Waals surface area contributed by atoms with Crippen molar-refractivity contribution in [1.29, 1.82) is 0 Å². The Bertz CT molecular complexity index is 1060. The summed E-state index contributed by atoms with van der Waals surface area (Å²) in [5.74, 6) is 0.602. The van der Waals surface area contributed by atoms with Crippen molar-refractivity contribution in [1.82, 2.24) is 15.5 Å². The minimum absolute atomic E-state index is 0.00679.